The Labute approximate surface area is 88.3 Å². The predicted octanol–water partition coefficient (Wildman–Crippen LogP) is 0.667. The van der Waals surface area contributed by atoms with E-state index in [1.54, 1.807) is 17.5 Å². The lowest BCUT2D eigenvalue weighted by atomic mass is 10.5. The highest BCUT2D eigenvalue weighted by Gasteiger charge is 2.00. The van der Waals surface area contributed by atoms with Crippen LogP contribution in [0.5, 0.6) is 0 Å². The first-order chi connectivity index (χ1) is 6.58. The molecule has 6 heteroatoms. The van der Waals surface area contributed by atoms with Gasteiger partial charge in [0.2, 0.25) is 0 Å². The van der Waals surface area contributed by atoms with E-state index < -0.39 is 9.84 Å². The van der Waals surface area contributed by atoms with Gasteiger partial charge in [-0.1, -0.05) is 0 Å². The summed E-state index contributed by atoms with van der Waals surface area (Å²) < 4.78 is 21.6. The normalized spacial score (nSPS) is 11.8. The number of sulfone groups is 1. The van der Waals surface area contributed by atoms with E-state index >= 15 is 0 Å². The number of aromatic nitrogens is 1. The average Bonchev–Trinajstić information content (AvgIpc) is 2.54. The van der Waals surface area contributed by atoms with Crippen LogP contribution >= 0.6 is 11.3 Å². The van der Waals surface area contributed by atoms with Gasteiger partial charge in [-0.15, -0.1) is 11.3 Å². The Morgan fingerprint density at radius 2 is 2.36 bits per heavy atom. The van der Waals surface area contributed by atoms with Gasteiger partial charge in [-0.2, -0.15) is 0 Å². The van der Waals surface area contributed by atoms with Crippen molar-refractivity contribution >= 4 is 21.2 Å². The molecule has 80 valence electrons. The zero-order valence-electron chi connectivity index (χ0n) is 8.06. The van der Waals surface area contributed by atoms with Crippen LogP contribution in [-0.2, 0) is 16.4 Å². The van der Waals surface area contributed by atoms with E-state index in [4.69, 9.17) is 0 Å². The summed E-state index contributed by atoms with van der Waals surface area (Å²) in [5, 5.41) is 6.10. The summed E-state index contributed by atoms with van der Waals surface area (Å²) in [5.41, 5.74) is 0. The van der Waals surface area contributed by atoms with Crippen LogP contribution in [0.2, 0.25) is 0 Å². The maximum Gasteiger partial charge on any atom is 0.147 e. The van der Waals surface area contributed by atoms with Crippen molar-refractivity contribution in [3.05, 3.63) is 16.6 Å². The van der Waals surface area contributed by atoms with Crippen LogP contribution < -0.4 is 5.32 Å². The first-order valence-electron chi connectivity index (χ1n) is 4.35. The van der Waals surface area contributed by atoms with Crippen LogP contribution in [0.25, 0.3) is 0 Å². The Hall–Kier alpha value is -0.460. The maximum absolute atomic E-state index is 10.8. The van der Waals surface area contributed by atoms with Gasteiger partial charge in [0.25, 0.3) is 0 Å². The number of rotatable bonds is 6. The van der Waals surface area contributed by atoms with Crippen molar-refractivity contribution < 1.29 is 8.42 Å². The summed E-state index contributed by atoms with van der Waals surface area (Å²) in [7, 11) is -2.81. The van der Waals surface area contributed by atoms with Crippen molar-refractivity contribution in [2.24, 2.45) is 0 Å². The molecule has 1 heterocycles. The molecule has 0 radical (unpaired) electrons. The van der Waals surface area contributed by atoms with Gasteiger partial charge in [0.15, 0.2) is 0 Å². The number of nitrogens with zero attached hydrogens (tertiary/aromatic N) is 1. The van der Waals surface area contributed by atoms with Crippen LogP contribution in [0.1, 0.15) is 11.4 Å². The lowest BCUT2D eigenvalue weighted by Gasteiger charge is -2.01. The minimum atomic E-state index is -2.81. The molecular weight excluding hydrogens is 220 g/mol. The monoisotopic (exact) mass is 234 g/mol. The largest absolute Gasteiger partial charge is 0.310 e. The zero-order chi connectivity index (χ0) is 10.4. The molecule has 0 saturated heterocycles. The Bertz CT molecular complexity index is 345. The van der Waals surface area contributed by atoms with Gasteiger partial charge >= 0.3 is 0 Å². The van der Waals surface area contributed by atoms with E-state index in [2.05, 4.69) is 10.3 Å². The molecule has 0 aliphatic rings. The number of hydrogen-bond acceptors (Lipinski definition) is 5. The molecule has 0 unspecified atom stereocenters. The molecule has 1 rings (SSSR count). The van der Waals surface area contributed by atoms with Crippen LogP contribution in [0.3, 0.4) is 0 Å². The molecule has 0 amide bonds. The van der Waals surface area contributed by atoms with Gasteiger partial charge in [0.1, 0.15) is 14.8 Å². The lowest BCUT2D eigenvalue weighted by Crippen LogP contribution is -2.17. The zero-order valence-corrected chi connectivity index (χ0v) is 9.70. The Kier molecular flexibility index (Phi) is 4.50. The van der Waals surface area contributed by atoms with E-state index in [-0.39, 0.29) is 5.75 Å². The second kappa shape index (κ2) is 5.43. The first kappa shape index (κ1) is 11.6. The lowest BCUT2D eigenvalue weighted by molar-refractivity contribution is 0.594. The highest BCUT2D eigenvalue weighted by Crippen LogP contribution is 2.02. The van der Waals surface area contributed by atoms with E-state index in [1.165, 1.54) is 6.26 Å². The van der Waals surface area contributed by atoms with Crippen LogP contribution in [0, 0.1) is 0 Å². The van der Waals surface area contributed by atoms with Crippen molar-refractivity contribution in [3.8, 4) is 0 Å². The highest BCUT2D eigenvalue weighted by atomic mass is 32.2. The molecule has 0 saturated carbocycles. The Morgan fingerprint density at radius 3 is 2.93 bits per heavy atom. The number of hydrogen-bond donors (Lipinski definition) is 1. The Morgan fingerprint density at radius 1 is 1.57 bits per heavy atom. The summed E-state index contributed by atoms with van der Waals surface area (Å²) in [6, 6.07) is 0. The topological polar surface area (TPSA) is 59.1 Å². The van der Waals surface area contributed by atoms with Crippen LogP contribution in [0.15, 0.2) is 11.6 Å². The molecule has 0 atom stereocenters. The molecule has 0 aromatic carbocycles. The molecular formula is C8H14N2O2S2. The van der Waals surface area contributed by atoms with Crippen molar-refractivity contribution in [1.82, 2.24) is 10.3 Å². The molecule has 0 spiro atoms. The summed E-state index contributed by atoms with van der Waals surface area (Å²) in [6.45, 7) is 1.44. The van der Waals surface area contributed by atoms with Gasteiger partial charge in [-0.05, 0) is 13.0 Å². The molecule has 0 bridgehead atoms. The van der Waals surface area contributed by atoms with Gasteiger partial charge in [-0.3, -0.25) is 0 Å². The van der Waals surface area contributed by atoms with E-state index in [0.29, 0.717) is 13.0 Å². The number of nitrogens with one attached hydrogen (secondary N) is 1. The molecule has 1 aromatic heterocycles. The van der Waals surface area contributed by atoms with E-state index in [0.717, 1.165) is 11.6 Å². The van der Waals surface area contributed by atoms with Crippen molar-refractivity contribution in [2.45, 2.75) is 13.0 Å². The first-order valence-corrected chi connectivity index (χ1v) is 7.29. The van der Waals surface area contributed by atoms with E-state index in [1.807, 2.05) is 5.38 Å². The fourth-order valence-corrected chi connectivity index (χ4v) is 2.25. The highest BCUT2D eigenvalue weighted by molar-refractivity contribution is 7.90. The van der Waals surface area contributed by atoms with Crippen LogP contribution in [-0.4, -0.2) is 32.0 Å². The molecule has 14 heavy (non-hydrogen) atoms. The number of thiazole rings is 1. The second-order valence-corrected chi connectivity index (χ2v) is 6.32. The minimum Gasteiger partial charge on any atom is -0.310 e. The van der Waals surface area contributed by atoms with Crippen molar-refractivity contribution in [1.29, 1.82) is 0 Å². The Balaban J connectivity index is 2.06. The average molecular weight is 234 g/mol. The van der Waals surface area contributed by atoms with E-state index in [9.17, 15) is 8.42 Å². The molecule has 0 aliphatic carbocycles. The second-order valence-electron chi connectivity index (χ2n) is 3.09. The summed E-state index contributed by atoms with van der Waals surface area (Å²) in [4.78, 5) is 4.10. The van der Waals surface area contributed by atoms with Crippen LogP contribution in [0.4, 0.5) is 0 Å². The summed E-state index contributed by atoms with van der Waals surface area (Å²) >= 11 is 1.59. The fourth-order valence-electron chi connectivity index (χ4n) is 0.995. The third-order valence-electron chi connectivity index (χ3n) is 1.63. The SMILES string of the molecule is CS(=O)(=O)CCCNCc1nccs1. The predicted molar refractivity (Wildman–Crippen MR) is 58.1 cm³/mol. The molecule has 0 aliphatic heterocycles. The maximum atomic E-state index is 10.8. The minimum absolute atomic E-state index is 0.248. The summed E-state index contributed by atoms with van der Waals surface area (Å²) in [5.74, 6) is 0.248. The van der Waals surface area contributed by atoms with Gasteiger partial charge in [-0.25, -0.2) is 13.4 Å². The van der Waals surface area contributed by atoms with Gasteiger partial charge in [0, 0.05) is 24.4 Å². The molecule has 1 N–H and O–H groups in total. The smallest absolute Gasteiger partial charge is 0.147 e. The molecule has 4 nitrogen and oxygen atoms in total. The standard InChI is InChI=1S/C8H14N2O2S2/c1-14(11,12)6-2-3-9-7-8-10-4-5-13-8/h4-5,9H,2-3,6-7H2,1H3. The summed E-state index contributed by atoms with van der Waals surface area (Å²) in [6.07, 6.45) is 3.68. The third-order valence-corrected chi connectivity index (χ3v) is 3.44. The quantitative estimate of drug-likeness (QED) is 0.735. The van der Waals surface area contributed by atoms with Gasteiger partial charge < -0.3 is 5.32 Å². The third kappa shape index (κ3) is 5.31. The molecule has 0 fully saturated rings. The fraction of sp³-hybridized carbons (Fsp3) is 0.625. The molecule has 1 aromatic rings. The van der Waals surface area contributed by atoms with Crippen molar-refractivity contribution in [3.63, 3.8) is 0 Å². The van der Waals surface area contributed by atoms with Gasteiger partial charge in [0.05, 0.1) is 5.75 Å². The van der Waals surface area contributed by atoms with Crippen molar-refractivity contribution in [2.75, 3.05) is 18.6 Å².